The van der Waals surface area contributed by atoms with Gasteiger partial charge >= 0.3 is 6.55 Å². The normalized spacial score (nSPS) is 18.6. The van der Waals surface area contributed by atoms with Crippen LogP contribution in [0.3, 0.4) is 0 Å². The third-order valence-electron chi connectivity index (χ3n) is 6.45. The number of nitrogens with one attached hydrogen (secondary N) is 1. The van der Waals surface area contributed by atoms with E-state index >= 15 is 0 Å². The minimum atomic E-state index is -3.04. The molecule has 2 atom stereocenters. The van der Waals surface area contributed by atoms with E-state index < -0.39 is 35.6 Å². The Hall–Kier alpha value is -4.63. The maximum atomic E-state index is 13.5. The Balaban J connectivity index is 1.38. The second kappa shape index (κ2) is 9.59. The van der Waals surface area contributed by atoms with Gasteiger partial charge < -0.3 is 25.4 Å². The van der Waals surface area contributed by atoms with Gasteiger partial charge in [-0.3, -0.25) is 23.9 Å². The van der Waals surface area contributed by atoms with Crippen LogP contribution in [0, 0.1) is 6.92 Å². The third-order valence-corrected chi connectivity index (χ3v) is 6.45. The molecule has 1 aromatic carbocycles. The average Bonchev–Trinajstić information content (AvgIpc) is 3.47. The van der Waals surface area contributed by atoms with Gasteiger partial charge in [0.1, 0.15) is 0 Å². The number of carbonyl (C=O) groups excluding carboxylic acids is 2. The second-order valence-corrected chi connectivity index (χ2v) is 9.05. The molecule has 4 N–H and O–H groups in total. The van der Waals surface area contributed by atoms with Crippen LogP contribution in [-0.2, 0) is 14.3 Å². The van der Waals surface area contributed by atoms with Crippen molar-refractivity contribution < 1.29 is 32.7 Å². The maximum Gasteiger partial charge on any atom is 0.321 e. The first kappa shape index (κ1) is 26.0. The predicted octanol–water partition coefficient (Wildman–Crippen LogP) is 1.58. The van der Waals surface area contributed by atoms with Crippen molar-refractivity contribution in [1.82, 2.24) is 19.5 Å². The SMILES string of the molecule is Cc1cc(N2CCOC(C)([C@@H](O)C(=O)Nc3ccc4c(N)noc4c3)C2=O)nn1-c1ccc(=O)n(C(F)F)c1. The van der Waals surface area contributed by atoms with E-state index in [1.165, 1.54) is 40.8 Å². The molecule has 1 aliphatic heterocycles. The minimum Gasteiger partial charge on any atom is -0.380 e. The fourth-order valence-corrected chi connectivity index (χ4v) is 4.31. The number of ether oxygens (including phenoxy) is 1. The molecule has 0 bridgehead atoms. The van der Waals surface area contributed by atoms with Crippen molar-refractivity contribution in [3.63, 3.8) is 0 Å². The lowest BCUT2D eigenvalue weighted by Crippen LogP contribution is -2.63. The summed E-state index contributed by atoms with van der Waals surface area (Å²) < 4.78 is 38.6. The number of morpholine rings is 1. The molecule has 4 aromatic rings. The summed E-state index contributed by atoms with van der Waals surface area (Å²) in [5.41, 5.74) is 4.08. The van der Waals surface area contributed by atoms with Crippen molar-refractivity contribution in [2.24, 2.45) is 0 Å². The molecule has 2 amide bonds. The number of fused-ring (bicyclic) bond motifs is 1. The number of hydrogen-bond acceptors (Lipinski definition) is 9. The van der Waals surface area contributed by atoms with Crippen LogP contribution < -0.4 is 21.5 Å². The largest absolute Gasteiger partial charge is 0.380 e. The van der Waals surface area contributed by atoms with Gasteiger partial charge in [-0.05, 0) is 32.0 Å². The topological polar surface area (TPSA) is 171 Å². The highest BCUT2D eigenvalue weighted by molar-refractivity contribution is 6.06. The van der Waals surface area contributed by atoms with Crippen LogP contribution in [0.4, 0.5) is 26.1 Å². The van der Waals surface area contributed by atoms with Crippen LogP contribution >= 0.6 is 0 Å². The van der Waals surface area contributed by atoms with Crippen molar-refractivity contribution in [2.45, 2.75) is 32.1 Å². The van der Waals surface area contributed by atoms with E-state index in [2.05, 4.69) is 15.6 Å². The molecule has 1 unspecified atom stereocenters. The van der Waals surface area contributed by atoms with Crippen molar-refractivity contribution in [3.8, 4) is 5.69 Å². The first-order valence-corrected chi connectivity index (χ1v) is 11.7. The number of aliphatic hydroxyl groups excluding tert-OH is 1. The number of rotatable bonds is 6. The highest BCUT2D eigenvalue weighted by Gasteiger charge is 2.51. The number of pyridine rings is 1. The van der Waals surface area contributed by atoms with Crippen LogP contribution in [0.25, 0.3) is 16.7 Å². The molecule has 15 heteroatoms. The van der Waals surface area contributed by atoms with E-state index in [0.29, 0.717) is 16.7 Å². The number of aromatic nitrogens is 4. The van der Waals surface area contributed by atoms with Crippen LogP contribution in [0.2, 0.25) is 0 Å². The number of alkyl halides is 2. The number of aryl methyl sites for hydroxylation is 1. The number of nitrogens with zero attached hydrogens (tertiary/aromatic N) is 5. The lowest BCUT2D eigenvalue weighted by Gasteiger charge is -2.40. The Morgan fingerprint density at radius 2 is 2.00 bits per heavy atom. The Bertz CT molecular complexity index is 1650. The van der Waals surface area contributed by atoms with Crippen LogP contribution in [0.15, 0.2) is 51.9 Å². The molecular formula is C24H23F2N7O6. The van der Waals surface area contributed by atoms with Gasteiger partial charge in [0, 0.05) is 35.8 Å². The zero-order valence-electron chi connectivity index (χ0n) is 20.7. The highest BCUT2D eigenvalue weighted by Crippen LogP contribution is 2.30. The molecule has 3 aromatic heterocycles. The van der Waals surface area contributed by atoms with Crippen LogP contribution in [-0.4, -0.2) is 61.3 Å². The molecule has 5 rings (SSSR count). The van der Waals surface area contributed by atoms with Gasteiger partial charge in [-0.2, -0.15) is 8.78 Å². The number of halogens is 2. The van der Waals surface area contributed by atoms with Gasteiger partial charge in [0.25, 0.3) is 17.4 Å². The Kier molecular flexibility index (Phi) is 6.40. The molecule has 13 nitrogen and oxygen atoms in total. The number of nitrogens with two attached hydrogens (primary N) is 1. The zero-order valence-corrected chi connectivity index (χ0v) is 20.7. The van der Waals surface area contributed by atoms with Gasteiger partial charge in [0.05, 0.1) is 24.2 Å². The second-order valence-electron chi connectivity index (χ2n) is 9.05. The van der Waals surface area contributed by atoms with Crippen molar-refractivity contribution >= 4 is 40.1 Å². The number of nitrogen functional groups attached to an aromatic ring is 1. The molecule has 1 aliphatic rings. The summed E-state index contributed by atoms with van der Waals surface area (Å²) in [6, 6.07) is 8.44. The molecule has 39 heavy (non-hydrogen) atoms. The number of benzene rings is 1. The van der Waals surface area contributed by atoms with Crippen molar-refractivity contribution in [3.05, 3.63) is 58.6 Å². The third kappa shape index (κ3) is 4.51. The quantitative estimate of drug-likeness (QED) is 0.327. The van der Waals surface area contributed by atoms with Crippen LogP contribution in [0.1, 0.15) is 19.2 Å². The summed E-state index contributed by atoms with van der Waals surface area (Å²) >= 11 is 0. The fourth-order valence-electron chi connectivity index (χ4n) is 4.31. The van der Waals surface area contributed by atoms with E-state index in [1.54, 1.807) is 13.0 Å². The molecule has 0 spiro atoms. The number of anilines is 3. The van der Waals surface area contributed by atoms with Crippen LogP contribution in [0.5, 0.6) is 0 Å². The summed E-state index contributed by atoms with van der Waals surface area (Å²) in [5.74, 6) is -1.32. The summed E-state index contributed by atoms with van der Waals surface area (Å²) in [4.78, 5) is 39.4. The molecule has 0 aliphatic carbocycles. The minimum absolute atomic E-state index is 0.0297. The lowest BCUT2D eigenvalue weighted by molar-refractivity contribution is -0.170. The monoisotopic (exact) mass is 543 g/mol. The van der Waals surface area contributed by atoms with E-state index in [9.17, 15) is 28.3 Å². The Morgan fingerprint density at radius 1 is 1.23 bits per heavy atom. The summed E-state index contributed by atoms with van der Waals surface area (Å²) in [6.45, 7) is -0.0938. The lowest BCUT2D eigenvalue weighted by atomic mass is 9.94. The van der Waals surface area contributed by atoms with Gasteiger partial charge in [0.15, 0.2) is 28.9 Å². The van der Waals surface area contributed by atoms with E-state index in [4.69, 9.17) is 15.0 Å². The van der Waals surface area contributed by atoms with Gasteiger partial charge in [-0.1, -0.05) is 5.16 Å². The molecular weight excluding hydrogens is 520 g/mol. The molecule has 4 heterocycles. The number of aliphatic hydroxyl groups is 1. The first-order chi connectivity index (χ1) is 18.5. The number of carbonyl (C=O) groups is 2. The van der Waals surface area contributed by atoms with Gasteiger partial charge in [-0.25, -0.2) is 4.68 Å². The van der Waals surface area contributed by atoms with E-state index in [1.807, 2.05) is 0 Å². The maximum absolute atomic E-state index is 13.5. The molecule has 0 saturated carbocycles. The number of hydrogen-bond donors (Lipinski definition) is 3. The van der Waals surface area contributed by atoms with E-state index in [-0.39, 0.29) is 40.7 Å². The fraction of sp³-hybridized carbons (Fsp3) is 0.292. The van der Waals surface area contributed by atoms with Crippen molar-refractivity contribution in [1.29, 1.82) is 0 Å². The highest BCUT2D eigenvalue weighted by atomic mass is 19.3. The summed E-state index contributed by atoms with van der Waals surface area (Å²) in [7, 11) is 0. The average molecular weight is 543 g/mol. The molecule has 1 saturated heterocycles. The van der Waals surface area contributed by atoms with E-state index in [0.717, 1.165) is 12.3 Å². The van der Waals surface area contributed by atoms with Gasteiger partial charge in [-0.15, -0.1) is 5.10 Å². The molecule has 0 radical (unpaired) electrons. The summed E-state index contributed by atoms with van der Waals surface area (Å²) in [6.07, 6.45) is -0.957. The zero-order chi connectivity index (χ0) is 28.1. The van der Waals surface area contributed by atoms with Gasteiger partial charge in [0.2, 0.25) is 0 Å². The Morgan fingerprint density at radius 3 is 2.74 bits per heavy atom. The summed E-state index contributed by atoms with van der Waals surface area (Å²) in [5, 5.41) is 21.9. The van der Waals surface area contributed by atoms with Crippen molar-refractivity contribution in [2.75, 3.05) is 29.1 Å². The first-order valence-electron chi connectivity index (χ1n) is 11.7. The predicted molar refractivity (Wildman–Crippen MR) is 134 cm³/mol. The number of amides is 2. The Labute approximate surface area is 218 Å². The smallest absolute Gasteiger partial charge is 0.321 e. The molecule has 204 valence electrons. The standard InChI is InChI=1S/C24H23F2N7O6/c1-12-9-17(29-33(12)14-4-6-18(34)32(11-14)23(25)26)31-7-8-38-24(2,22(31)37)19(35)21(36)28-13-3-5-15-16(10-13)39-30-20(15)27/h3-6,9-11,19,23,35H,7-8H2,1-2H3,(H2,27,30)(H,28,36)/t19-,24?/m0/s1. The molecule has 1 fully saturated rings.